The molecule has 2 amide bonds. The number of sulfonamides is 1. The van der Waals surface area contributed by atoms with Gasteiger partial charge in [0.15, 0.2) is 0 Å². The Bertz CT molecular complexity index is 1060. The topological polar surface area (TPSA) is 86.8 Å². The standard InChI is InChI=1S/C21H24Cl2FN3O4S/c1-4-25-21(29)14(2)26(12-17-18(22)6-5-7-19(17)23)20(28)13-27(32(3,30)31)16-10-8-15(24)9-11-16/h5-11,14H,4,12-13H2,1-3H3,(H,25,29)/t14-/m0/s1. The highest BCUT2D eigenvalue weighted by molar-refractivity contribution is 7.92. The van der Waals surface area contributed by atoms with E-state index in [2.05, 4.69) is 5.32 Å². The number of anilines is 1. The molecule has 11 heteroatoms. The van der Waals surface area contributed by atoms with Gasteiger partial charge in [0.1, 0.15) is 18.4 Å². The largest absolute Gasteiger partial charge is 0.355 e. The molecule has 174 valence electrons. The molecule has 2 aromatic rings. The van der Waals surface area contributed by atoms with E-state index in [9.17, 15) is 22.4 Å². The van der Waals surface area contributed by atoms with Gasteiger partial charge in [-0.3, -0.25) is 13.9 Å². The number of amides is 2. The smallest absolute Gasteiger partial charge is 0.244 e. The van der Waals surface area contributed by atoms with Crippen molar-refractivity contribution in [3.8, 4) is 0 Å². The molecular weight excluding hydrogens is 480 g/mol. The van der Waals surface area contributed by atoms with Crippen LogP contribution in [0, 0.1) is 5.82 Å². The molecule has 0 aromatic heterocycles. The molecule has 0 aliphatic heterocycles. The van der Waals surface area contributed by atoms with Crippen LogP contribution in [-0.2, 0) is 26.2 Å². The molecule has 7 nitrogen and oxygen atoms in total. The molecule has 0 aliphatic rings. The summed E-state index contributed by atoms with van der Waals surface area (Å²) in [5.74, 6) is -1.63. The number of nitrogens with one attached hydrogen (secondary N) is 1. The van der Waals surface area contributed by atoms with Gasteiger partial charge in [-0.1, -0.05) is 29.3 Å². The zero-order valence-corrected chi connectivity index (χ0v) is 20.1. The van der Waals surface area contributed by atoms with Crippen molar-refractivity contribution in [2.24, 2.45) is 0 Å². The normalized spacial score (nSPS) is 12.2. The van der Waals surface area contributed by atoms with E-state index in [1.807, 2.05) is 0 Å². The van der Waals surface area contributed by atoms with Crippen molar-refractivity contribution in [3.63, 3.8) is 0 Å². The quantitative estimate of drug-likeness (QED) is 0.567. The number of rotatable bonds is 9. The first-order valence-corrected chi connectivity index (χ1v) is 12.3. The van der Waals surface area contributed by atoms with Crippen LogP contribution in [0.1, 0.15) is 19.4 Å². The first kappa shape index (κ1) is 25.9. The fourth-order valence-corrected chi connectivity index (χ4v) is 4.35. The minimum absolute atomic E-state index is 0.114. The van der Waals surface area contributed by atoms with Gasteiger partial charge in [0, 0.05) is 28.7 Å². The van der Waals surface area contributed by atoms with Gasteiger partial charge in [-0.15, -0.1) is 0 Å². The van der Waals surface area contributed by atoms with Crippen molar-refractivity contribution < 1.29 is 22.4 Å². The van der Waals surface area contributed by atoms with Crippen LogP contribution in [0.2, 0.25) is 10.0 Å². The third-order valence-corrected chi connectivity index (χ3v) is 6.55. The van der Waals surface area contributed by atoms with Crippen molar-refractivity contribution in [3.05, 3.63) is 63.9 Å². The van der Waals surface area contributed by atoms with Gasteiger partial charge in [0.05, 0.1) is 11.9 Å². The Labute approximate surface area is 197 Å². The summed E-state index contributed by atoms with van der Waals surface area (Å²) in [5, 5.41) is 3.25. The van der Waals surface area contributed by atoms with E-state index in [-0.39, 0.29) is 12.2 Å². The molecule has 0 fully saturated rings. The maximum absolute atomic E-state index is 13.3. The minimum atomic E-state index is -3.89. The summed E-state index contributed by atoms with van der Waals surface area (Å²) in [6.45, 7) is 2.90. The molecule has 0 unspecified atom stereocenters. The second-order valence-corrected chi connectivity index (χ2v) is 9.76. The number of benzene rings is 2. The third kappa shape index (κ3) is 6.57. The van der Waals surface area contributed by atoms with Crippen molar-refractivity contribution in [1.29, 1.82) is 0 Å². The van der Waals surface area contributed by atoms with Crippen LogP contribution in [0.25, 0.3) is 0 Å². The molecule has 2 aromatic carbocycles. The summed E-state index contributed by atoms with van der Waals surface area (Å²) >= 11 is 12.5. The van der Waals surface area contributed by atoms with E-state index in [1.165, 1.54) is 24.0 Å². The molecular formula is C21H24Cl2FN3O4S. The summed E-state index contributed by atoms with van der Waals surface area (Å²) in [7, 11) is -3.89. The van der Waals surface area contributed by atoms with E-state index in [1.54, 1.807) is 25.1 Å². The predicted molar refractivity (Wildman–Crippen MR) is 124 cm³/mol. The van der Waals surface area contributed by atoms with Crippen molar-refractivity contribution in [2.75, 3.05) is 23.7 Å². The maximum atomic E-state index is 13.3. The fraction of sp³-hybridized carbons (Fsp3) is 0.333. The lowest BCUT2D eigenvalue weighted by Crippen LogP contribution is -2.51. The lowest BCUT2D eigenvalue weighted by Gasteiger charge is -2.31. The second-order valence-electron chi connectivity index (χ2n) is 7.04. The van der Waals surface area contributed by atoms with Gasteiger partial charge < -0.3 is 10.2 Å². The Balaban J connectivity index is 2.43. The Morgan fingerprint density at radius 2 is 1.66 bits per heavy atom. The van der Waals surface area contributed by atoms with E-state index in [4.69, 9.17) is 23.2 Å². The van der Waals surface area contributed by atoms with Crippen LogP contribution >= 0.6 is 23.2 Å². The molecule has 1 N–H and O–H groups in total. The predicted octanol–water partition coefficient (Wildman–Crippen LogP) is 3.45. The summed E-state index contributed by atoms with van der Waals surface area (Å²) in [4.78, 5) is 27.0. The monoisotopic (exact) mass is 503 g/mol. The van der Waals surface area contributed by atoms with Crippen LogP contribution in [0.4, 0.5) is 10.1 Å². The number of hydrogen-bond donors (Lipinski definition) is 1. The third-order valence-electron chi connectivity index (χ3n) is 4.70. The summed E-state index contributed by atoms with van der Waals surface area (Å²) in [5.41, 5.74) is 0.539. The maximum Gasteiger partial charge on any atom is 0.244 e. The number of halogens is 3. The lowest BCUT2D eigenvalue weighted by atomic mass is 10.1. The fourth-order valence-electron chi connectivity index (χ4n) is 2.98. The van der Waals surface area contributed by atoms with Crippen molar-refractivity contribution >= 4 is 50.7 Å². The van der Waals surface area contributed by atoms with E-state index in [0.717, 1.165) is 22.7 Å². The van der Waals surface area contributed by atoms with Crippen LogP contribution < -0.4 is 9.62 Å². The zero-order chi connectivity index (χ0) is 24.1. The molecule has 0 saturated heterocycles. The average Bonchev–Trinajstić information content (AvgIpc) is 2.71. The first-order chi connectivity index (χ1) is 15.0. The highest BCUT2D eigenvalue weighted by Gasteiger charge is 2.30. The average molecular weight is 504 g/mol. The van der Waals surface area contributed by atoms with Gasteiger partial charge in [-0.05, 0) is 50.2 Å². The summed E-state index contributed by atoms with van der Waals surface area (Å²) in [6, 6.07) is 8.61. The lowest BCUT2D eigenvalue weighted by molar-refractivity contribution is -0.139. The highest BCUT2D eigenvalue weighted by atomic mass is 35.5. The number of carbonyl (C=O) groups is 2. The molecule has 0 heterocycles. The number of hydrogen-bond acceptors (Lipinski definition) is 4. The van der Waals surface area contributed by atoms with E-state index in [0.29, 0.717) is 22.2 Å². The summed E-state index contributed by atoms with van der Waals surface area (Å²) in [6.07, 6.45) is 0.937. The van der Waals surface area contributed by atoms with Crippen LogP contribution in [0.15, 0.2) is 42.5 Å². The van der Waals surface area contributed by atoms with Gasteiger partial charge in [0.25, 0.3) is 0 Å². The first-order valence-electron chi connectivity index (χ1n) is 9.69. The number of likely N-dealkylation sites (N-methyl/N-ethyl adjacent to an activating group) is 1. The second kappa shape index (κ2) is 11.0. The van der Waals surface area contributed by atoms with Gasteiger partial charge in [0.2, 0.25) is 21.8 Å². The van der Waals surface area contributed by atoms with E-state index >= 15 is 0 Å². The van der Waals surface area contributed by atoms with Crippen LogP contribution in [0.5, 0.6) is 0 Å². The molecule has 0 spiro atoms. The summed E-state index contributed by atoms with van der Waals surface area (Å²) < 4.78 is 38.9. The Morgan fingerprint density at radius 1 is 1.09 bits per heavy atom. The van der Waals surface area contributed by atoms with Crippen LogP contribution in [-0.4, -0.2) is 50.5 Å². The molecule has 0 aliphatic carbocycles. The van der Waals surface area contributed by atoms with Crippen molar-refractivity contribution in [2.45, 2.75) is 26.4 Å². The van der Waals surface area contributed by atoms with Gasteiger partial charge in [-0.2, -0.15) is 0 Å². The SMILES string of the molecule is CCNC(=O)[C@H](C)N(Cc1c(Cl)cccc1Cl)C(=O)CN(c1ccc(F)cc1)S(C)(=O)=O. The molecule has 32 heavy (non-hydrogen) atoms. The van der Waals surface area contributed by atoms with Crippen molar-refractivity contribution in [1.82, 2.24) is 10.2 Å². The zero-order valence-electron chi connectivity index (χ0n) is 17.8. The molecule has 0 bridgehead atoms. The van der Waals surface area contributed by atoms with Crippen LogP contribution in [0.3, 0.4) is 0 Å². The Morgan fingerprint density at radius 3 is 2.16 bits per heavy atom. The van der Waals surface area contributed by atoms with Gasteiger partial charge >= 0.3 is 0 Å². The molecule has 0 radical (unpaired) electrons. The Hall–Kier alpha value is -2.36. The number of nitrogens with zero attached hydrogens (tertiary/aromatic N) is 2. The highest BCUT2D eigenvalue weighted by Crippen LogP contribution is 2.27. The van der Waals surface area contributed by atoms with Gasteiger partial charge in [-0.25, -0.2) is 12.8 Å². The Kier molecular flexibility index (Phi) is 8.89. The minimum Gasteiger partial charge on any atom is -0.355 e. The molecule has 2 rings (SSSR count). The number of carbonyl (C=O) groups excluding carboxylic acids is 2. The van der Waals surface area contributed by atoms with E-state index < -0.39 is 40.2 Å². The molecule has 1 atom stereocenters. The molecule has 0 saturated carbocycles.